The molecule has 0 saturated heterocycles. The van der Waals surface area contributed by atoms with E-state index in [-0.39, 0.29) is 17.5 Å². The number of aliphatic hydroxyl groups is 1. The standard InChI is InChI=1S/C27H34N2O4/c1-4-8-18-9-6-7-10-21(18)20-16-29(15-19-11-12-22(19)24(30)5-2)26-25(33-17-20)14-13-23(28-26)27(31)32-3/h5-7,9-10,13-14,19-20,22,24,30H,2,4,8,11-12,15-17H2,1,3H3. The number of aryl methyl sites for hydroxylation is 1. The minimum Gasteiger partial charge on any atom is -0.489 e. The molecule has 1 aliphatic carbocycles. The molecule has 2 heterocycles. The van der Waals surface area contributed by atoms with Crippen molar-refractivity contribution in [3.63, 3.8) is 0 Å². The predicted molar refractivity (Wildman–Crippen MR) is 129 cm³/mol. The second-order valence-electron chi connectivity index (χ2n) is 9.10. The van der Waals surface area contributed by atoms with E-state index in [0.717, 1.165) is 38.8 Å². The molecule has 1 aromatic heterocycles. The summed E-state index contributed by atoms with van der Waals surface area (Å²) in [6, 6.07) is 12.1. The Morgan fingerprint density at radius 3 is 2.85 bits per heavy atom. The van der Waals surface area contributed by atoms with E-state index in [1.807, 2.05) is 6.07 Å². The number of ether oxygens (including phenoxy) is 2. The van der Waals surface area contributed by atoms with Gasteiger partial charge < -0.3 is 19.5 Å². The Balaban J connectivity index is 1.68. The number of nitrogens with zero attached hydrogens (tertiary/aromatic N) is 2. The van der Waals surface area contributed by atoms with E-state index in [1.165, 1.54) is 18.2 Å². The highest BCUT2D eigenvalue weighted by molar-refractivity contribution is 5.88. The van der Waals surface area contributed by atoms with Gasteiger partial charge in [-0.25, -0.2) is 9.78 Å². The molecule has 4 atom stereocenters. The molecular weight excluding hydrogens is 416 g/mol. The van der Waals surface area contributed by atoms with Crippen molar-refractivity contribution >= 4 is 11.8 Å². The molecule has 176 valence electrons. The van der Waals surface area contributed by atoms with Crippen LogP contribution in [0.4, 0.5) is 5.82 Å². The van der Waals surface area contributed by atoms with Crippen molar-refractivity contribution in [1.29, 1.82) is 0 Å². The number of fused-ring (bicyclic) bond motifs is 1. The molecule has 0 bridgehead atoms. The summed E-state index contributed by atoms with van der Waals surface area (Å²) in [6.45, 7) is 7.99. The van der Waals surface area contributed by atoms with Gasteiger partial charge in [0.25, 0.3) is 0 Å². The van der Waals surface area contributed by atoms with Crippen LogP contribution in [0.15, 0.2) is 49.1 Å². The van der Waals surface area contributed by atoms with Gasteiger partial charge in [-0.1, -0.05) is 43.7 Å². The monoisotopic (exact) mass is 450 g/mol. The third-order valence-corrected chi connectivity index (χ3v) is 7.04. The minimum atomic E-state index is -0.498. The number of carbonyl (C=O) groups excluding carboxylic acids is 1. The Labute approximate surface area is 196 Å². The Morgan fingerprint density at radius 2 is 2.15 bits per heavy atom. The largest absolute Gasteiger partial charge is 0.489 e. The lowest BCUT2D eigenvalue weighted by atomic mass is 9.70. The first kappa shape index (κ1) is 23.3. The van der Waals surface area contributed by atoms with Crippen molar-refractivity contribution in [2.75, 3.05) is 31.7 Å². The van der Waals surface area contributed by atoms with Crippen molar-refractivity contribution in [3.8, 4) is 5.75 Å². The average molecular weight is 451 g/mol. The molecule has 33 heavy (non-hydrogen) atoms. The van der Waals surface area contributed by atoms with E-state index in [0.29, 0.717) is 24.1 Å². The lowest BCUT2D eigenvalue weighted by molar-refractivity contribution is 0.0464. The fourth-order valence-electron chi connectivity index (χ4n) is 5.10. The fourth-order valence-corrected chi connectivity index (χ4v) is 5.10. The maximum atomic E-state index is 12.2. The summed E-state index contributed by atoms with van der Waals surface area (Å²) < 4.78 is 11.2. The van der Waals surface area contributed by atoms with E-state index in [2.05, 4.69) is 47.7 Å². The first-order valence-corrected chi connectivity index (χ1v) is 11.9. The minimum absolute atomic E-state index is 0.173. The molecule has 0 spiro atoms. The molecule has 4 rings (SSSR count). The van der Waals surface area contributed by atoms with Crippen molar-refractivity contribution in [2.24, 2.45) is 11.8 Å². The lowest BCUT2D eigenvalue weighted by Crippen LogP contribution is -2.44. The predicted octanol–water partition coefficient (Wildman–Crippen LogP) is 4.38. The molecular formula is C27H34N2O4. The molecule has 0 amide bonds. The van der Waals surface area contributed by atoms with Crippen LogP contribution in [-0.2, 0) is 11.2 Å². The van der Waals surface area contributed by atoms with Crippen LogP contribution < -0.4 is 9.64 Å². The molecule has 1 aromatic carbocycles. The van der Waals surface area contributed by atoms with Crippen LogP contribution in [0.5, 0.6) is 5.75 Å². The summed E-state index contributed by atoms with van der Waals surface area (Å²) >= 11 is 0. The molecule has 2 aromatic rings. The van der Waals surface area contributed by atoms with Gasteiger partial charge in [-0.15, -0.1) is 6.58 Å². The SMILES string of the molecule is C=CC(O)C1CCC1CN1CC(c2ccccc2CCC)COc2ccc(C(=O)OC)nc21. The molecule has 6 nitrogen and oxygen atoms in total. The van der Waals surface area contributed by atoms with Crippen molar-refractivity contribution < 1.29 is 19.4 Å². The second-order valence-corrected chi connectivity index (χ2v) is 9.10. The van der Waals surface area contributed by atoms with Gasteiger partial charge in [0.1, 0.15) is 0 Å². The smallest absolute Gasteiger partial charge is 0.356 e. The number of pyridine rings is 1. The normalized spacial score (nSPS) is 22.9. The van der Waals surface area contributed by atoms with E-state index >= 15 is 0 Å². The molecule has 1 N–H and O–H groups in total. The van der Waals surface area contributed by atoms with Crippen LogP contribution >= 0.6 is 0 Å². The van der Waals surface area contributed by atoms with Crippen molar-refractivity contribution in [1.82, 2.24) is 4.98 Å². The number of hydrogen-bond donors (Lipinski definition) is 1. The van der Waals surface area contributed by atoms with Crippen LogP contribution in [0, 0.1) is 11.8 Å². The summed E-state index contributed by atoms with van der Waals surface area (Å²) in [4.78, 5) is 19.1. The Morgan fingerprint density at radius 1 is 1.33 bits per heavy atom. The van der Waals surface area contributed by atoms with Crippen LogP contribution in [-0.4, -0.2) is 49.0 Å². The summed E-state index contributed by atoms with van der Waals surface area (Å²) in [5.41, 5.74) is 2.93. The zero-order valence-corrected chi connectivity index (χ0v) is 19.6. The second kappa shape index (κ2) is 10.4. The van der Waals surface area contributed by atoms with E-state index in [9.17, 15) is 9.90 Å². The van der Waals surface area contributed by atoms with E-state index in [1.54, 1.807) is 12.1 Å². The fraction of sp³-hybridized carbons (Fsp3) is 0.481. The number of aromatic nitrogens is 1. The van der Waals surface area contributed by atoms with Gasteiger partial charge in [-0.3, -0.25) is 0 Å². The maximum absolute atomic E-state index is 12.2. The third-order valence-electron chi connectivity index (χ3n) is 7.04. The van der Waals surface area contributed by atoms with Gasteiger partial charge >= 0.3 is 5.97 Å². The molecule has 4 unspecified atom stereocenters. The molecule has 1 saturated carbocycles. The number of hydrogen-bond acceptors (Lipinski definition) is 6. The quantitative estimate of drug-likeness (QED) is 0.475. The van der Waals surface area contributed by atoms with Crippen LogP contribution in [0.2, 0.25) is 0 Å². The number of anilines is 1. The maximum Gasteiger partial charge on any atom is 0.356 e. The zero-order chi connectivity index (χ0) is 23.4. The van der Waals surface area contributed by atoms with Crippen molar-refractivity contribution in [2.45, 2.75) is 44.6 Å². The van der Waals surface area contributed by atoms with Gasteiger partial charge in [0, 0.05) is 19.0 Å². The average Bonchev–Trinajstić information content (AvgIpc) is 3.00. The number of benzene rings is 1. The number of esters is 1. The van der Waals surface area contributed by atoms with Crippen LogP contribution in [0.3, 0.4) is 0 Å². The summed E-state index contributed by atoms with van der Waals surface area (Å²) in [5, 5.41) is 10.4. The Kier molecular flexibility index (Phi) is 7.33. The molecule has 6 heteroatoms. The summed E-state index contributed by atoms with van der Waals surface area (Å²) in [5.74, 6) is 1.59. The summed E-state index contributed by atoms with van der Waals surface area (Å²) in [7, 11) is 1.36. The molecule has 1 aliphatic heterocycles. The number of rotatable bonds is 8. The van der Waals surface area contributed by atoms with Crippen LogP contribution in [0.25, 0.3) is 0 Å². The number of carbonyl (C=O) groups is 1. The van der Waals surface area contributed by atoms with Crippen LogP contribution in [0.1, 0.15) is 53.7 Å². The Hall–Kier alpha value is -2.86. The first-order valence-electron chi connectivity index (χ1n) is 11.9. The highest BCUT2D eigenvalue weighted by atomic mass is 16.5. The van der Waals surface area contributed by atoms with Gasteiger partial charge in [-0.05, 0) is 54.4 Å². The third kappa shape index (κ3) is 4.91. The van der Waals surface area contributed by atoms with E-state index in [4.69, 9.17) is 9.47 Å². The highest BCUT2D eigenvalue weighted by Crippen LogP contribution is 2.41. The lowest BCUT2D eigenvalue weighted by Gasteiger charge is -2.42. The molecule has 2 aliphatic rings. The zero-order valence-electron chi connectivity index (χ0n) is 19.6. The van der Waals surface area contributed by atoms with Crippen molar-refractivity contribution in [3.05, 3.63) is 65.9 Å². The molecule has 1 fully saturated rings. The number of methoxy groups -OCH3 is 1. The summed E-state index contributed by atoms with van der Waals surface area (Å²) in [6.07, 6.45) is 5.29. The van der Waals surface area contributed by atoms with Gasteiger partial charge in [0.15, 0.2) is 17.3 Å². The highest BCUT2D eigenvalue weighted by Gasteiger charge is 2.38. The van der Waals surface area contributed by atoms with Gasteiger partial charge in [0.2, 0.25) is 0 Å². The first-order chi connectivity index (χ1) is 16.0. The van der Waals surface area contributed by atoms with Gasteiger partial charge in [0.05, 0.1) is 19.8 Å². The topological polar surface area (TPSA) is 71.9 Å². The molecule has 0 radical (unpaired) electrons. The van der Waals surface area contributed by atoms with E-state index < -0.39 is 12.1 Å². The number of aliphatic hydroxyl groups excluding tert-OH is 1. The Bertz CT molecular complexity index is 992. The van der Waals surface area contributed by atoms with Gasteiger partial charge in [-0.2, -0.15) is 0 Å².